The number of aliphatic hydroxyl groups is 1. The van der Waals surface area contributed by atoms with E-state index in [-0.39, 0.29) is 5.92 Å². The zero-order valence-corrected chi connectivity index (χ0v) is 13.5. The van der Waals surface area contributed by atoms with Gasteiger partial charge in [0.1, 0.15) is 0 Å². The minimum Gasteiger partial charge on any atom is -0.378 e. The van der Waals surface area contributed by atoms with Gasteiger partial charge in [-0.05, 0) is 56.3 Å². The summed E-state index contributed by atoms with van der Waals surface area (Å²) < 4.78 is 11.2. The van der Waals surface area contributed by atoms with Gasteiger partial charge in [0.15, 0.2) is 6.29 Å². The van der Waals surface area contributed by atoms with Gasteiger partial charge in [-0.25, -0.2) is 0 Å². The summed E-state index contributed by atoms with van der Waals surface area (Å²) in [6.07, 6.45) is 6.02. The highest BCUT2D eigenvalue weighted by atomic mass is 16.6. The summed E-state index contributed by atoms with van der Waals surface area (Å²) in [5.41, 5.74) is 0. The van der Waals surface area contributed by atoms with Crippen molar-refractivity contribution in [1.29, 1.82) is 0 Å². The highest BCUT2D eigenvalue weighted by Gasteiger charge is 2.43. The van der Waals surface area contributed by atoms with Crippen LogP contribution in [-0.2, 0) is 9.47 Å². The van der Waals surface area contributed by atoms with Crippen LogP contribution in [0.15, 0.2) is 0 Å². The first-order valence-electron chi connectivity index (χ1n) is 8.40. The van der Waals surface area contributed by atoms with Crippen molar-refractivity contribution in [1.82, 2.24) is 0 Å². The van der Waals surface area contributed by atoms with E-state index in [1.807, 2.05) is 0 Å². The zero-order valence-electron chi connectivity index (χ0n) is 13.5. The standard InChI is InChI=1S/C17H32O3/c1-5-13-7-9-14(12(3)17(18)19-4)16-10-20-11(2)6-8-15(13)16/h11-18H,5-10H2,1-4H3/t11?,12-,13-,14?,15?,16?,17-/m1/s1. The number of methoxy groups -OCH3 is 1. The van der Waals surface area contributed by atoms with Crippen LogP contribution in [0.3, 0.4) is 0 Å². The summed E-state index contributed by atoms with van der Waals surface area (Å²) in [6.45, 7) is 7.52. The van der Waals surface area contributed by atoms with Gasteiger partial charge in [0.2, 0.25) is 0 Å². The third-order valence-electron chi connectivity index (χ3n) is 5.95. The fraction of sp³-hybridized carbons (Fsp3) is 1.00. The summed E-state index contributed by atoms with van der Waals surface area (Å²) >= 11 is 0. The molecule has 2 fully saturated rings. The Morgan fingerprint density at radius 1 is 1.20 bits per heavy atom. The van der Waals surface area contributed by atoms with Crippen LogP contribution in [0.5, 0.6) is 0 Å². The van der Waals surface area contributed by atoms with Crippen molar-refractivity contribution in [2.24, 2.45) is 29.6 Å². The molecule has 20 heavy (non-hydrogen) atoms. The normalized spacial score (nSPS) is 41.5. The summed E-state index contributed by atoms with van der Waals surface area (Å²) in [4.78, 5) is 0. The predicted molar refractivity (Wildman–Crippen MR) is 80.3 cm³/mol. The van der Waals surface area contributed by atoms with Crippen molar-refractivity contribution in [2.45, 2.75) is 65.3 Å². The van der Waals surface area contributed by atoms with Crippen molar-refractivity contribution in [3.05, 3.63) is 0 Å². The average Bonchev–Trinajstić information content (AvgIpc) is 2.67. The summed E-state index contributed by atoms with van der Waals surface area (Å²) in [5, 5.41) is 10.1. The molecule has 0 bridgehead atoms. The van der Waals surface area contributed by atoms with Crippen molar-refractivity contribution in [3.63, 3.8) is 0 Å². The lowest BCUT2D eigenvalue weighted by atomic mass is 9.61. The van der Waals surface area contributed by atoms with Crippen molar-refractivity contribution in [2.75, 3.05) is 13.7 Å². The Balaban J connectivity index is 2.14. The van der Waals surface area contributed by atoms with E-state index < -0.39 is 6.29 Å². The maximum absolute atomic E-state index is 10.1. The third kappa shape index (κ3) is 3.37. The van der Waals surface area contributed by atoms with E-state index in [1.54, 1.807) is 7.11 Å². The molecule has 1 N–H and O–H groups in total. The first kappa shape index (κ1) is 16.3. The Morgan fingerprint density at radius 2 is 1.95 bits per heavy atom. The molecular weight excluding hydrogens is 252 g/mol. The molecule has 3 heteroatoms. The second-order valence-electron chi connectivity index (χ2n) is 6.94. The smallest absolute Gasteiger partial charge is 0.156 e. The SMILES string of the molecule is CC[C@@H]1CCC([C@@H](C)[C@H](O)OC)C2COC(C)CCC21. The quantitative estimate of drug-likeness (QED) is 0.804. The molecule has 0 radical (unpaired) electrons. The minimum absolute atomic E-state index is 0.197. The van der Waals surface area contributed by atoms with E-state index >= 15 is 0 Å². The lowest BCUT2D eigenvalue weighted by molar-refractivity contribution is -0.141. The molecule has 0 aromatic heterocycles. The number of hydrogen-bond acceptors (Lipinski definition) is 3. The second-order valence-corrected chi connectivity index (χ2v) is 6.94. The lowest BCUT2D eigenvalue weighted by Gasteiger charge is -2.45. The Hall–Kier alpha value is -0.120. The van der Waals surface area contributed by atoms with Crippen LogP contribution in [0, 0.1) is 29.6 Å². The van der Waals surface area contributed by atoms with E-state index in [0.717, 1.165) is 18.4 Å². The molecule has 1 saturated carbocycles. The molecule has 0 amide bonds. The highest BCUT2D eigenvalue weighted by Crippen LogP contribution is 2.47. The summed E-state index contributed by atoms with van der Waals surface area (Å²) in [6, 6.07) is 0. The molecule has 7 atom stereocenters. The Bertz CT molecular complexity index is 294. The maximum Gasteiger partial charge on any atom is 0.156 e. The van der Waals surface area contributed by atoms with Crippen LogP contribution < -0.4 is 0 Å². The van der Waals surface area contributed by atoms with Crippen LogP contribution >= 0.6 is 0 Å². The molecule has 0 aromatic rings. The van der Waals surface area contributed by atoms with Gasteiger partial charge in [0.05, 0.1) is 12.7 Å². The number of hydrogen-bond donors (Lipinski definition) is 1. The Kier molecular flexibility index (Phi) is 5.88. The Morgan fingerprint density at radius 3 is 2.60 bits per heavy atom. The van der Waals surface area contributed by atoms with Gasteiger partial charge >= 0.3 is 0 Å². The van der Waals surface area contributed by atoms with E-state index in [4.69, 9.17) is 9.47 Å². The predicted octanol–water partition coefficient (Wildman–Crippen LogP) is 3.45. The zero-order chi connectivity index (χ0) is 14.7. The number of fused-ring (bicyclic) bond motifs is 1. The molecule has 2 aliphatic rings. The molecule has 1 aliphatic heterocycles. The van der Waals surface area contributed by atoms with E-state index in [0.29, 0.717) is 17.9 Å². The van der Waals surface area contributed by atoms with Gasteiger partial charge in [0.25, 0.3) is 0 Å². The summed E-state index contributed by atoms with van der Waals surface area (Å²) in [5.74, 6) is 2.94. The van der Waals surface area contributed by atoms with Gasteiger partial charge in [-0.1, -0.05) is 20.3 Å². The van der Waals surface area contributed by atoms with Crippen molar-refractivity contribution in [3.8, 4) is 0 Å². The number of ether oxygens (including phenoxy) is 2. The molecule has 4 unspecified atom stereocenters. The van der Waals surface area contributed by atoms with Crippen molar-refractivity contribution < 1.29 is 14.6 Å². The largest absolute Gasteiger partial charge is 0.378 e. The fourth-order valence-electron chi connectivity index (χ4n) is 4.57. The fourth-order valence-corrected chi connectivity index (χ4v) is 4.57. The van der Waals surface area contributed by atoms with Crippen LogP contribution in [-0.4, -0.2) is 31.2 Å². The lowest BCUT2D eigenvalue weighted by Crippen LogP contribution is -2.42. The van der Waals surface area contributed by atoms with Crippen molar-refractivity contribution >= 4 is 0 Å². The third-order valence-corrected chi connectivity index (χ3v) is 5.95. The van der Waals surface area contributed by atoms with Crippen LogP contribution in [0.2, 0.25) is 0 Å². The highest BCUT2D eigenvalue weighted by molar-refractivity contribution is 4.91. The first-order valence-corrected chi connectivity index (χ1v) is 8.40. The minimum atomic E-state index is -0.639. The molecular formula is C17H32O3. The number of rotatable bonds is 4. The topological polar surface area (TPSA) is 38.7 Å². The molecule has 1 saturated heterocycles. The molecule has 3 nitrogen and oxygen atoms in total. The molecule has 2 rings (SSSR count). The molecule has 1 aliphatic carbocycles. The molecule has 0 aromatic carbocycles. The number of aliphatic hydroxyl groups excluding tert-OH is 1. The van der Waals surface area contributed by atoms with E-state index in [1.165, 1.54) is 32.1 Å². The Labute approximate surface area is 124 Å². The van der Waals surface area contributed by atoms with Gasteiger partial charge in [-0.3, -0.25) is 0 Å². The molecule has 1 heterocycles. The van der Waals surface area contributed by atoms with Crippen LogP contribution in [0.25, 0.3) is 0 Å². The van der Waals surface area contributed by atoms with Gasteiger partial charge in [0, 0.05) is 13.0 Å². The molecule has 0 spiro atoms. The maximum atomic E-state index is 10.1. The van der Waals surface area contributed by atoms with Crippen LogP contribution in [0.1, 0.15) is 52.9 Å². The summed E-state index contributed by atoms with van der Waals surface area (Å²) in [7, 11) is 1.60. The second kappa shape index (κ2) is 7.24. The van der Waals surface area contributed by atoms with Crippen LogP contribution in [0.4, 0.5) is 0 Å². The average molecular weight is 284 g/mol. The van der Waals surface area contributed by atoms with Gasteiger partial charge in [-0.15, -0.1) is 0 Å². The van der Waals surface area contributed by atoms with E-state index in [2.05, 4.69) is 20.8 Å². The van der Waals surface area contributed by atoms with E-state index in [9.17, 15) is 5.11 Å². The molecule has 118 valence electrons. The van der Waals surface area contributed by atoms with Gasteiger partial charge in [-0.2, -0.15) is 0 Å². The monoisotopic (exact) mass is 284 g/mol. The van der Waals surface area contributed by atoms with Gasteiger partial charge < -0.3 is 14.6 Å². The first-order chi connectivity index (χ1) is 9.58.